The number of aliphatic hydroxyl groups excluding tert-OH is 1. The predicted molar refractivity (Wildman–Crippen MR) is 84.2 cm³/mol. The van der Waals surface area contributed by atoms with Gasteiger partial charge in [-0.25, -0.2) is 14.8 Å². The van der Waals surface area contributed by atoms with Crippen LogP contribution in [0.5, 0.6) is 5.75 Å². The van der Waals surface area contributed by atoms with Crippen molar-refractivity contribution in [1.29, 1.82) is 0 Å². The number of carbonyl (C=O) groups excluding carboxylic acids is 1. The van der Waals surface area contributed by atoms with Gasteiger partial charge in [-0.05, 0) is 36.2 Å². The van der Waals surface area contributed by atoms with E-state index in [0.29, 0.717) is 17.0 Å². The van der Waals surface area contributed by atoms with Crippen LogP contribution in [0.2, 0.25) is 5.28 Å². The molecule has 0 bridgehead atoms. The van der Waals surface area contributed by atoms with Gasteiger partial charge in [-0.15, -0.1) is 0 Å². The van der Waals surface area contributed by atoms with E-state index < -0.39 is 12.1 Å². The van der Waals surface area contributed by atoms with Crippen LogP contribution in [0, 0.1) is 0 Å². The van der Waals surface area contributed by atoms with Crippen molar-refractivity contribution in [2.75, 3.05) is 6.61 Å². The summed E-state index contributed by atoms with van der Waals surface area (Å²) in [6.07, 6.45) is 0.428. The third-order valence-electron chi connectivity index (χ3n) is 3.00. The average molecular weight is 337 g/mol. The van der Waals surface area contributed by atoms with Gasteiger partial charge in [0.05, 0.1) is 12.3 Å². The molecule has 0 fully saturated rings. The molecule has 2 rings (SSSR count). The molecular weight excluding hydrogens is 320 g/mol. The molecule has 1 heterocycles. The van der Waals surface area contributed by atoms with Gasteiger partial charge in [0.15, 0.2) is 6.10 Å². The number of halogens is 1. The number of hydrogen-bond donors (Lipinski definition) is 1. The quantitative estimate of drug-likeness (QED) is 0.616. The number of aliphatic hydroxyl groups is 1. The van der Waals surface area contributed by atoms with Gasteiger partial charge in [0.25, 0.3) is 0 Å². The van der Waals surface area contributed by atoms with Crippen molar-refractivity contribution < 1.29 is 19.4 Å². The van der Waals surface area contributed by atoms with Gasteiger partial charge in [0.1, 0.15) is 12.4 Å². The van der Waals surface area contributed by atoms with Crippen molar-refractivity contribution in [1.82, 2.24) is 9.97 Å². The SMILES string of the molecule is CCOC(=O)C(O)Cc1ccccc1OCc1ccnc(Cl)n1. The highest BCUT2D eigenvalue weighted by Crippen LogP contribution is 2.21. The van der Waals surface area contributed by atoms with Crippen LogP contribution in [-0.2, 0) is 22.6 Å². The zero-order valence-electron chi connectivity index (χ0n) is 12.6. The third-order valence-corrected chi connectivity index (χ3v) is 3.19. The largest absolute Gasteiger partial charge is 0.487 e. The molecule has 0 saturated carbocycles. The number of rotatable bonds is 7. The van der Waals surface area contributed by atoms with Crippen LogP contribution in [-0.4, -0.2) is 33.8 Å². The van der Waals surface area contributed by atoms with E-state index in [1.165, 1.54) is 0 Å². The fraction of sp³-hybridized carbons (Fsp3) is 0.312. The number of ether oxygens (including phenoxy) is 2. The summed E-state index contributed by atoms with van der Waals surface area (Å²) in [7, 11) is 0. The summed E-state index contributed by atoms with van der Waals surface area (Å²) in [6.45, 7) is 2.12. The Hall–Kier alpha value is -2.18. The normalized spacial score (nSPS) is 11.8. The Morgan fingerprint density at radius 3 is 2.87 bits per heavy atom. The number of benzene rings is 1. The molecule has 6 nitrogen and oxygen atoms in total. The maximum Gasteiger partial charge on any atom is 0.335 e. The lowest BCUT2D eigenvalue weighted by molar-refractivity contribution is -0.152. The fourth-order valence-corrected chi connectivity index (χ4v) is 2.11. The van der Waals surface area contributed by atoms with Crippen LogP contribution in [0.3, 0.4) is 0 Å². The molecule has 122 valence electrons. The summed E-state index contributed by atoms with van der Waals surface area (Å²) in [5.74, 6) is -0.0875. The lowest BCUT2D eigenvalue weighted by Gasteiger charge is -2.14. The van der Waals surface area contributed by atoms with Gasteiger partial charge in [0.2, 0.25) is 5.28 Å². The van der Waals surface area contributed by atoms with E-state index in [2.05, 4.69) is 9.97 Å². The van der Waals surface area contributed by atoms with Crippen LogP contribution in [0.25, 0.3) is 0 Å². The van der Waals surface area contributed by atoms with Gasteiger partial charge < -0.3 is 14.6 Å². The molecule has 0 radical (unpaired) electrons. The second-order valence-electron chi connectivity index (χ2n) is 4.69. The first-order valence-corrected chi connectivity index (χ1v) is 7.50. The maximum absolute atomic E-state index is 11.5. The number of esters is 1. The van der Waals surface area contributed by atoms with Gasteiger partial charge in [-0.1, -0.05) is 18.2 Å². The Morgan fingerprint density at radius 2 is 2.13 bits per heavy atom. The van der Waals surface area contributed by atoms with E-state index >= 15 is 0 Å². The highest BCUT2D eigenvalue weighted by molar-refractivity contribution is 6.28. The molecule has 0 aliphatic rings. The molecule has 1 aromatic carbocycles. The molecule has 2 aromatic rings. The first-order chi connectivity index (χ1) is 11.1. The molecule has 0 amide bonds. The Kier molecular flexibility index (Phi) is 6.31. The Bertz CT molecular complexity index is 666. The summed E-state index contributed by atoms with van der Waals surface area (Å²) in [4.78, 5) is 19.4. The Labute approximate surface area is 139 Å². The summed E-state index contributed by atoms with van der Waals surface area (Å²) in [6, 6.07) is 8.85. The fourth-order valence-electron chi connectivity index (χ4n) is 1.94. The zero-order chi connectivity index (χ0) is 16.7. The van der Waals surface area contributed by atoms with Crippen LogP contribution in [0.1, 0.15) is 18.2 Å². The van der Waals surface area contributed by atoms with Crippen LogP contribution in [0.4, 0.5) is 0 Å². The Balaban J connectivity index is 2.04. The number of hydrogen-bond acceptors (Lipinski definition) is 6. The standard InChI is InChI=1S/C16H17ClN2O4/c1-2-22-15(21)13(20)9-11-5-3-4-6-14(11)23-10-12-7-8-18-16(17)19-12/h3-8,13,20H,2,9-10H2,1H3. The van der Waals surface area contributed by atoms with E-state index in [0.717, 1.165) is 0 Å². The first-order valence-electron chi connectivity index (χ1n) is 7.13. The number of carbonyl (C=O) groups is 1. The molecule has 1 unspecified atom stereocenters. The number of nitrogens with zero attached hydrogens (tertiary/aromatic N) is 2. The number of para-hydroxylation sites is 1. The minimum Gasteiger partial charge on any atom is -0.487 e. The van der Waals surface area contributed by atoms with Gasteiger partial charge in [-0.3, -0.25) is 0 Å². The van der Waals surface area contributed by atoms with E-state index in [9.17, 15) is 9.90 Å². The van der Waals surface area contributed by atoms with Crippen LogP contribution in [0.15, 0.2) is 36.5 Å². The second kappa shape index (κ2) is 8.45. The summed E-state index contributed by atoms with van der Waals surface area (Å²) >= 11 is 5.73. The molecule has 1 aromatic heterocycles. The highest BCUT2D eigenvalue weighted by atomic mass is 35.5. The van der Waals surface area contributed by atoms with Crippen molar-refractivity contribution >= 4 is 17.6 Å². The van der Waals surface area contributed by atoms with Gasteiger partial charge in [-0.2, -0.15) is 0 Å². The van der Waals surface area contributed by atoms with Crippen LogP contribution < -0.4 is 4.74 Å². The Morgan fingerprint density at radius 1 is 1.35 bits per heavy atom. The van der Waals surface area contributed by atoms with Crippen molar-refractivity contribution in [2.24, 2.45) is 0 Å². The topological polar surface area (TPSA) is 81.5 Å². The summed E-state index contributed by atoms with van der Waals surface area (Å²) in [5, 5.41) is 10.0. The molecular formula is C16H17ClN2O4. The van der Waals surface area contributed by atoms with E-state index in [4.69, 9.17) is 21.1 Å². The van der Waals surface area contributed by atoms with E-state index in [-0.39, 0.29) is 24.9 Å². The predicted octanol–water partition coefficient (Wildman–Crippen LogP) is 2.18. The molecule has 0 spiro atoms. The van der Waals surface area contributed by atoms with Crippen molar-refractivity contribution in [3.63, 3.8) is 0 Å². The molecule has 23 heavy (non-hydrogen) atoms. The molecule has 1 atom stereocenters. The minimum atomic E-state index is -1.23. The molecule has 0 saturated heterocycles. The second-order valence-corrected chi connectivity index (χ2v) is 5.02. The zero-order valence-corrected chi connectivity index (χ0v) is 13.4. The number of aromatic nitrogens is 2. The van der Waals surface area contributed by atoms with E-state index in [1.807, 2.05) is 12.1 Å². The van der Waals surface area contributed by atoms with Crippen molar-refractivity contribution in [2.45, 2.75) is 26.1 Å². The summed E-state index contributed by atoms with van der Waals surface area (Å²) in [5.41, 5.74) is 1.33. The lowest BCUT2D eigenvalue weighted by Crippen LogP contribution is -2.25. The smallest absolute Gasteiger partial charge is 0.335 e. The third kappa shape index (κ3) is 5.19. The highest BCUT2D eigenvalue weighted by Gasteiger charge is 2.18. The first kappa shape index (κ1) is 17.2. The van der Waals surface area contributed by atoms with Crippen molar-refractivity contribution in [3.05, 3.63) is 53.1 Å². The maximum atomic E-state index is 11.5. The van der Waals surface area contributed by atoms with Crippen molar-refractivity contribution in [3.8, 4) is 5.75 Å². The molecule has 0 aliphatic heterocycles. The molecule has 1 N–H and O–H groups in total. The van der Waals surface area contributed by atoms with Gasteiger partial charge in [0, 0.05) is 12.6 Å². The van der Waals surface area contributed by atoms with Gasteiger partial charge >= 0.3 is 5.97 Å². The monoisotopic (exact) mass is 336 g/mol. The molecule has 0 aliphatic carbocycles. The average Bonchev–Trinajstić information content (AvgIpc) is 2.54. The van der Waals surface area contributed by atoms with Crippen LogP contribution >= 0.6 is 11.6 Å². The van der Waals surface area contributed by atoms with E-state index in [1.54, 1.807) is 31.3 Å². The lowest BCUT2D eigenvalue weighted by atomic mass is 10.1. The minimum absolute atomic E-state index is 0.111. The summed E-state index contributed by atoms with van der Waals surface area (Å²) < 4.78 is 10.5. The molecule has 7 heteroatoms.